The zero-order valence-electron chi connectivity index (χ0n) is 14.0. The van der Waals surface area contributed by atoms with Crippen LogP contribution in [-0.4, -0.2) is 58.2 Å². The quantitative estimate of drug-likeness (QED) is 0.916. The second-order valence-corrected chi connectivity index (χ2v) is 7.35. The standard InChI is InChI=1S/C17H22N4O2S/c1-13-9-15(19-12-18-13)21-7-4-6-17(23,11-21)10-20(2)16(22)14-5-3-8-24-14/h3,5,8-9,12,23H,4,6-7,10-11H2,1-2H3. The molecule has 2 aromatic rings. The Morgan fingerprint density at radius 3 is 3.04 bits per heavy atom. The maximum atomic E-state index is 12.4. The van der Waals surface area contributed by atoms with Gasteiger partial charge in [0.05, 0.1) is 17.0 Å². The lowest BCUT2D eigenvalue weighted by Gasteiger charge is -2.41. The smallest absolute Gasteiger partial charge is 0.263 e. The monoisotopic (exact) mass is 346 g/mol. The molecule has 24 heavy (non-hydrogen) atoms. The van der Waals surface area contributed by atoms with E-state index in [9.17, 15) is 9.90 Å². The minimum atomic E-state index is -0.932. The van der Waals surface area contributed by atoms with Crippen molar-refractivity contribution < 1.29 is 9.90 Å². The molecule has 1 aliphatic heterocycles. The first-order valence-electron chi connectivity index (χ1n) is 8.02. The van der Waals surface area contributed by atoms with E-state index < -0.39 is 5.60 Å². The van der Waals surface area contributed by atoms with E-state index in [0.717, 1.165) is 24.5 Å². The van der Waals surface area contributed by atoms with Gasteiger partial charge in [0.25, 0.3) is 5.91 Å². The number of aryl methyl sites for hydroxylation is 1. The number of carbonyl (C=O) groups is 1. The Morgan fingerprint density at radius 2 is 2.33 bits per heavy atom. The number of piperidine rings is 1. The van der Waals surface area contributed by atoms with Crippen LogP contribution >= 0.6 is 11.3 Å². The summed E-state index contributed by atoms with van der Waals surface area (Å²) >= 11 is 1.42. The van der Waals surface area contributed by atoms with Gasteiger partial charge in [-0.25, -0.2) is 9.97 Å². The molecule has 128 valence electrons. The highest BCUT2D eigenvalue weighted by molar-refractivity contribution is 7.12. The summed E-state index contributed by atoms with van der Waals surface area (Å²) < 4.78 is 0. The van der Waals surface area contributed by atoms with Crippen LogP contribution in [0.5, 0.6) is 0 Å². The fourth-order valence-corrected chi connectivity index (χ4v) is 3.87. The largest absolute Gasteiger partial charge is 0.386 e. The van der Waals surface area contributed by atoms with Gasteiger partial charge in [-0.15, -0.1) is 11.3 Å². The third-order valence-electron chi connectivity index (χ3n) is 4.28. The van der Waals surface area contributed by atoms with Crippen molar-refractivity contribution in [3.05, 3.63) is 40.5 Å². The molecule has 0 radical (unpaired) electrons. The molecule has 1 aliphatic rings. The molecule has 0 spiro atoms. The summed E-state index contributed by atoms with van der Waals surface area (Å²) in [5, 5.41) is 12.9. The number of nitrogens with zero attached hydrogens (tertiary/aromatic N) is 4. The van der Waals surface area contributed by atoms with Crippen molar-refractivity contribution in [2.45, 2.75) is 25.4 Å². The molecule has 7 heteroatoms. The predicted octanol–water partition coefficient (Wildman–Crippen LogP) is 1.95. The lowest BCUT2D eigenvalue weighted by molar-refractivity contribution is -0.0000169. The molecule has 1 unspecified atom stereocenters. The van der Waals surface area contributed by atoms with Crippen LogP contribution in [-0.2, 0) is 0 Å². The van der Waals surface area contributed by atoms with Gasteiger partial charge < -0.3 is 14.9 Å². The van der Waals surface area contributed by atoms with E-state index in [0.29, 0.717) is 24.4 Å². The number of aliphatic hydroxyl groups is 1. The van der Waals surface area contributed by atoms with E-state index in [4.69, 9.17) is 0 Å². The SMILES string of the molecule is Cc1cc(N2CCCC(O)(CN(C)C(=O)c3cccs3)C2)ncn1. The van der Waals surface area contributed by atoms with Gasteiger partial charge in [0.1, 0.15) is 12.1 Å². The summed E-state index contributed by atoms with van der Waals surface area (Å²) in [7, 11) is 1.74. The number of hydrogen-bond acceptors (Lipinski definition) is 6. The van der Waals surface area contributed by atoms with Gasteiger partial charge in [0.15, 0.2) is 0 Å². The second-order valence-electron chi connectivity index (χ2n) is 6.41. The van der Waals surface area contributed by atoms with Gasteiger partial charge in [-0.1, -0.05) is 6.07 Å². The Hall–Kier alpha value is -1.99. The molecule has 0 saturated carbocycles. The van der Waals surface area contributed by atoms with Crippen LogP contribution in [0.2, 0.25) is 0 Å². The molecule has 1 amide bonds. The minimum Gasteiger partial charge on any atom is -0.386 e. The lowest BCUT2D eigenvalue weighted by Crippen LogP contribution is -2.54. The van der Waals surface area contributed by atoms with Crippen LogP contribution in [0.15, 0.2) is 29.9 Å². The van der Waals surface area contributed by atoms with Crippen molar-refractivity contribution in [3.8, 4) is 0 Å². The maximum absolute atomic E-state index is 12.4. The zero-order valence-corrected chi connectivity index (χ0v) is 14.8. The Morgan fingerprint density at radius 1 is 1.50 bits per heavy atom. The normalized spacial score (nSPS) is 20.9. The van der Waals surface area contributed by atoms with E-state index in [1.807, 2.05) is 30.5 Å². The fourth-order valence-electron chi connectivity index (χ4n) is 3.15. The van der Waals surface area contributed by atoms with Crippen molar-refractivity contribution in [3.63, 3.8) is 0 Å². The lowest BCUT2D eigenvalue weighted by atomic mass is 9.92. The first-order chi connectivity index (χ1) is 11.5. The topological polar surface area (TPSA) is 69.6 Å². The first-order valence-corrected chi connectivity index (χ1v) is 8.90. The molecule has 3 rings (SSSR count). The number of aromatic nitrogens is 2. The minimum absolute atomic E-state index is 0.0478. The molecule has 0 aromatic carbocycles. The summed E-state index contributed by atoms with van der Waals surface area (Å²) in [6, 6.07) is 5.59. The second kappa shape index (κ2) is 6.86. The molecule has 2 aromatic heterocycles. The van der Waals surface area contributed by atoms with Gasteiger partial charge in [-0.2, -0.15) is 0 Å². The molecule has 1 atom stereocenters. The number of amides is 1. The van der Waals surface area contributed by atoms with Gasteiger partial charge in [0.2, 0.25) is 0 Å². The van der Waals surface area contributed by atoms with E-state index >= 15 is 0 Å². The van der Waals surface area contributed by atoms with E-state index in [1.165, 1.54) is 11.3 Å². The molecule has 0 bridgehead atoms. The summed E-state index contributed by atoms with van der Waals surface area (Å²) in [6.07, 6.45) is 3.08. The van der Waals surface area contributed by atoms with Crippen LogP contribution < -0.4 is 4.90 Å². The van der Waals surface area contributed by atoms with E-state index in [2.05, 4.69) is 14.9 Å². The number of carbonyl (C=O) groups excluding carboxylic acids is 1. The molecule has 1 saturated heterocycles. The molecule has 6 nitrogen and oxygen atoms in total. The van der Waals surface area contributed by atoms with Gasteiger partial charge >= 0.3 is 0 Å². The van der Waals surface area contributed by atoms with Gasteiger partial charge in [0, 0.05) is 31.9 Å². The average Bonchev–Trinajstić information content (AvgIpc) is 3.08. The van der Waals surface area contributed by atoms with Crippen molar-refractivity contribution in [2.24, 2.45) is 0 Å². The predicted molar refractivity (Wildman–Crippen MR) is 94.4 cm³/mol. The van der Waals surface area contributed by atoms with Gasteiger partial charge in [-0.05, 0) is 31.2 Å². The molecule has 1 N–H and O–H groups in total. The van der Waals surface area contributed by atoms with Crippen LogP contribution in [0.25, 0.3) is 0 Å². The van der Waals surface area contributed by atoms with Gasteiger partial charge in [-0.3, -0.25) is 4.79 Å². The van der Waals surface area contributed by atoms with Crippen LogP contribution in [0, 0.1) is 6.92 Å². The molecular formula is C17H22N4O2S. The summed E-state index contributed by atoms with van der Waals surface area (Å²) in [5.41, 5.74) is -0.0298. The number of hydrogen-bond donors (Lipinski definition) is 1. The highest BCUT2D eigenvalue weighted by Crippen LogP contribution is 2.26. The maximum Gasteiger partial charge on any atom is 0.263 e. The van der Waals surface area contributed by atoms with Crippen LogP contribution in [0.4, 0.5) is 5.82 Å². The first kappa shape index (κ1) is 16.9. The highest BCUT2D eigenvalue weighted by Gasteiger charge is 2.36. The Balaban J connectivity index is 1.69. The Bertz CT molecular complexity index is 706. The third kappa shape index (κ3) is 3.73. The third-order valence-corrected chi connectivity index (χ3v) is 5.14. The molecule has 0 aliphatic carbocycles. The number of anilines is 1. The van der Waals surface area contributed by atoms with Crippen molar-refractivity contribution in [1.82, 2.24) is 14.9 Å². The number of rotatable bonds is 4. The van der Waals surface area contributed by atoms with E-state index in [1.54, 1.807) is 18.3 Å². The fraction of sp³-hybridized carbons (Fsp3) is 0.471. The summed E-state index contributed by atoms with van der Waals surface area (Å²) in [4.78, 5) is 25.2. The van der Waals surface area contributed by atoms with Crippen LogP contribution in [0.1, 0.15) is 28.2 Å². The summed E-state index contributed by atoms with van der Waals surface area (Å²) in [5.74, 6) is 0.779. The molecule has 3 heterocycles. The van der Waals surface area contributed by atoms with Crippen molar-refractivity contribution in [1.29, 1.82) is 0 Å². The molecular weight excluding hydrogens is 324 g/mol. The average molecular weight is 346 g/mol. The van der Waals surface area contributed by atoms with Crippen LogP contribution in [0.3, 0.4) is 0 Å². The van der Waals surface area contributed by atoms with Crippen molar-refractivity contribution >= 4 is 23.1 Å². The molecule has 1 fully saturated rings. The van der Waals surface area contributed by atoms with E-state index in [-0.39, 0.29) is 5.91 Å². The zero-order chi connectivity index (χ0) is 17.2. The number of thiophene rings is 1. The Labute approximate surface area is 145 Å². The highest BCUT2D eigenvalue weighted by atomic mass is 32.1. The van der Waals surface area contributed by atoms with Crippen molar-refractivity contribution in [2.75, 3.05) is 31.6 Å². The number of β-amino-alcohol motifs (C(OH)–C–C–N with tert-alkyl or cyclic N) is 1. The summed E-state index contributed by atoms with van der Waals surface area (Å²) in [6.45, 7) is 3.55. The number of likely N-dealkylation sites (N-methyl/N-ethyl adjacent to an activating group) is 1. The Kier molecular flexibility index (Phi) is 4.82.